The quantitative estimate of drug-likeness (QED) is 0.501. The van der Waals surface area contributed by atoms with Gasteiger partial charge in [0.05, 0.1) is 24.0 Å². The van der Waals surface area contributed by atoms with Crippen molar-refractivity contribution in [3.8, 4) is 5.75 Å². The molecule has 0 aliphatic carbocycles. The third kappa shape index (κ3) is 7.05. The second kappa shape index (κ2) is 12.2. The number of hydrogen-bond donors (Lipinski definition) is 1. The van der Waals surface area contributed by atoms with Crippen molar-refractivity contribution in [3.63, 3.8) is 0 Å². The van der Waals surface area contributed by atoms with Crippen molar-refractivity contribution in [1.29, 1.82) is 0 Å². The summed E-state index contributed by atoms with van der Waals surface area (Å²) in [5, 5.41) is 0. The first-order valence-electron chi connectivity index (χ1n) is 12.0. The smallest absolute Gasteiger partial charge is 0.309 e. The summed E-state index contributed by atoms with van der Waals surface area (Å²) in [4.78, 5) is 27.3. The number of sulfonamides is 1. The Kier molecular flexibility index (Phi) is 9.28. The lowest BCUT2D eigenvalue weighted by Gasteiger charge is -2.33. The van der Waals surface area contributed by atoms with Gasteiger partial charge in [0.1, 0.15) is 11.8 Å². The molecule has 1 atom stereocenters. The molecular formula is C26H34N2O6S. The Morgan fingerprint density at radius 1 is 1.06 bits per heavy atom. The Bertz CT molecular complexity index is 1110. The van der Waals surface area contributed by atoms with E-state index in [1.807, 2.05) is 37.3 Å². The maximum absolute atomic E-state index is 13.5. The zero-order valence-corrected chi connectivity index (χ0v) is 21.3. The molecule has 35 heavy (non-hydrogen) atoms. The van der Waals surface area contributed by atoms with Crippen LogP contribution in [-0.4, -0.2) is 57.5 Å². The lowest BCUT2D eigenvalue weighted by atomic mass is 9.96. The lowest BCUT2D eigenvalue weighted by molar-refractivity contribution is -0.151. The number of nitrogens with one attached hydrogen (secondary N) is 1. The standard InChI is InChI=1S/C26H34N2O6S/c1-4-33-24-12-11-22(17-19(24)3)35(31,32)27-23(18-20-9-7-6-8-10-20)25(29)28-15-13-21(14-16-28)26(30)34-5-2/h6-12,17,21,23,27H,4-5,13-16,18H2,1-3H3/t23-/m0/s1. The molecule has 2 aromatic carbocycles. The third-order valence-corrected chi connectivity index (χ3v) is 7.53. The van der Waals surface area contributed by atoms with Crippen LogP contribution in [0.5, 0.6) is 5.75 Å². The second-order valence-electron chi connectivity index (χ2n) is 8.58. The van der Waals surface area contributed by atoms with Gasteiger partial charge in [0.2, 0.25) is 15.9 Å². The first kappa shape index (κ1) is 26.7. The number of carbonyl (C=O) groups is 2. The first-order valence-corrected chi connectivity index (χ1v) is 13.5. The monoisotopic (exact) mass is 502 g/mol. The first-order chi connectivity index (χ1) is 16.7. The molecule has 0 aromatic heterocycles. The predicted octanol–water partition coefficient (Wildman–Crippen LogP) is 3.09. The van der Waals surface area contributed by atoms with Gasteiger partial charge < -0.3 is 14.4 Å². The van der Waals surface area contributed by atoms with E-state index >= 15 is 0 Å². The van der Waals surface area contributed by atoms with Crippen LogP contribution in [0.25, 0.3) is 0 Å². The number of hydrogen-bond acceptors (Lipinski definition) is 6. The molecule has 0 radical (unpaired) electrons. The van der Waals surface area contributed by atoms with Crippen LogP contribution >= 0.6 is 0 Å². The summed E-state index contributed by atoms with van der Waals surface area (Å²) >= 11 is 0. The molecule has 1 aliphatic rings. The number of carbonyl (C=O) groups excluding carboxylic acids is 2. The molecule has 1 N–H and O–H groups in total. The Balaban J connectivity index is 1.79. The molecule has 1 aliphatic heterocycles. The molecule has 0 unspecified atom stereocenters. The third-order valence-electron chi connectivity index (χ3n) is 6.06. The Hall–Kier alpha value is -2.91. The van der Waals surface area contributed by atoms with Crippen LogP contribution in [0.15, 0.2) is 53.4 Å². The van der Waals surface area contributed by atoms with Gasteiger partial charge in [-0.05, 0) is 69.4 Å². The molecule has 1 amide bonds. The van der Waals surface area contributed by atoms with Crippen molar-refractivity contribution in [2.24, 2.45) is 5.92 Å². The highest BCUT2D eigenvalue weighted by Gasteiger charge is 2.34. The molecular weight excluding hydrogens is 468 g/mol. The van der Waals surface area contributed by atoms with Crippen molar-refractivity contribution in [2.75, 3.05) is 26.3 Å². The number of piperidine rings is 1. The van der Waals surface area contributed by atoms with Crippen molar-refractivity contribution in [2.45, 2.75) is 51.0 Å². The van der Waals surface area contributed by atoms with Gasteiger partial charge in [-0.3, -0.25) is 9.59 Å². The summed E-state index contributed by atoms with van der Waals surface area (Å²) in [5.74, 6) is -0.169. The van der Waals surface area contributed by atoms with Crippen LogP contribution in [0.3, 0.4) is 0 Å². The fourth-order valence-electron chi connectivity index (χ4n) is 4.21. The summed E-state index contributed by atoms with van der Waals surface area (Å²) in [7, 11) is -3.98. The largest absolute Gasteiger partial charge is 0.494 e. The van der Waals surface area contributed by atoms with Gasteiger partial charge in [0, 0.05) is 13.1 Å². The summed E-state index contributed by atoms with van der Waals surface area (Å²) in [5.41, 5.74) is 1.54. The maximum atomic E-state index is 13.5. The predicted molar refractivity (Wildman–Crippen MR) is 133 cm³/mol. The van der Waals surface area contributed by atoms with Crippen molar-refractivity contribution in [1.82, 2.24) is 9.62 Å². The summed E-state index contributed by atoms with van der Waals surface area (Å²) in [6.45, 7) is 6.96. The number of nitrogens with zero attached hydrogens (tertiary/aromatic N) is 1. The van der Waals surface area contributed by atoms with E-state index in [4.69, 9.17) is 9.47 Å². The van der Waals surface area contributed by atoms with Crippen LogP contribution in [0.1, 0.15) is 37.8 Å². The van der Waals surface area contributed by atoms with E-state index in [0.717, 1.165) is 5.56 Å². The van der Waals surface area contributed by atoms with Crippen LogP contribution in [0.4, 0.5) is 0 Å². The van der Waals surface area contributed by atoms with E-state index in [1.54, 1.807) is 30.9 Å². The minimum Gasteiger partial charge on any atom is -0.494 e. The number of benzene rings is 2. The Labute approximate surface area is 207 Å². The number of amides is 1. The molecule has 190 valence electrons. The van der Waals surface area contributed by atoms with Crippen LogP contribution < -0.4 is 9.46 Å². The lowest BCUT2D eigenvalue weighted by Crippen LogP contribution is -2.52. The second-order valence-corrected chi connectivity index (χ2v) is 10.3. The zero-order chi connectivity index (χ0) is 25.4. The van der Waals surface area contributed by atoms with Crippen LogP contribution in [0, 0.1) is 12.8 Å². The molecule has 8 nitrogen and oxygen atoms in total. The van der Waals surface area contributed by atoms with E-state index < -0.39 is 16.1 Å². The van der Waals surface area contributed by atoms with Gasteiger partial charge in [-0.1, -0.05) is 30.3 Å². The highest BCUT2D eigenvalue weighted by atomic mass is 32.2. The van der Waals surface area contributed by atoms with Gasteiger partial charge in [-0.2, -0.15) is 4.72 Å². The fourth-order valence-corrected chi connectivity index (χ4v) is 5.48. The fraction of sp³-hybridized carbons (Fsp3) is 0.462. The SMILES string of the molecule is CCOC(=O)C1CCN(C(=O)[C@H](Cc2ccccc2)NS(=O)(=O)c2ccc(OCC)c(C)c2)CC1. The molecule has 1 heterocycles. The average molecular weight is 503 g/mol. The summed E-state index contributed by atoms with van der Waals surface area (Å²) in [6.07, 6.45) is 1.20. The topological polar surface area (TPSA) is 102 Å². The highest BCUT2D eigenvalue weighted by Crippen LogP contribution is 2.23. The number of esters is 1. The molecule has 0 saturated carbocycles. The van der Waals surface area contributed by atoms with E-state index in [1.165, 1.54) is 6.07 Å². The van der Waals surface area contributed by atoms with Gasteiger partial charge in [0.25, 0.3) is 0 Å². The molecule has 0 spiro atoms. The Morgan fingerprint density at radius 2 is 1.74 bits per heavy atom. The van der Waals surface area contributed by atoms with Gasteiger partial charge in [-0.25, -0.2) is 8.42 Å². The highest BCUT2D eigenvalue weighted by molar-refractivity contribution is 7.89. The minimum atomic E-state index is -3.98. The van der Waals surface area contributed by atoms with Crippen molar-refractivity contribution < 1.29 is 27.5 Å². The summed E-state index contributed by atoms with van der Waals surface area (Å²) in [6, 6.07) is 13.0. The summed E-state index contributed by atoms with van der Waals surface area (Å²) < 4.78 is 39.8. The molecule has 1 fully saturated rings. The minimum absolute atomic E-state index is 0.0744. The molecule has 3 rings (SSSR count). The molecule has 9 heteroatoms. The normalized spacial score (nSPS) is 15.5. The number of ether oxygens (including phenoxy) is 2. The van der Waals surface area contributed by atoms with Gasteiger partial charge >= 0.3 is 5.97 Å². The zero-order valence-electron chi connectivity index (χ0n) is 20.5. The van der Waals surface area contributed by atoms with Crippen LogP contribution in [0.2, 0.25) is 0 Å². The average Bonchev–Trinajstić information content (AvgIpc) is 2.85. The van der Waals surface area contributed by atoms with Crippen LogP contribution in [-0.2, 0) is 30.8 Å². The Morgan fingerprint density at radius 3 is 2.34 bits per heavy atom. The maximum Gasteiger partial charge on any atom is 0.309 e. The van der Waals surface area contributed by atoms with Gasteiger partial charge in [-0.15, -0.1) is 0 Å². The number of aryl methyl sites for hydroxylation is 1. The molecule has 2 aromatic rings. The van der Waals surface area contributed by atoms with E-state index in [-0.39, 0.29) is 29.1 Å². The van der Waals surface area contributed by atoms with Gasteiger partial charge in [0.15, 0.2) is 0 Å². The number of rotatable bonds is 10. The van der Waals surface area contributed by atoms with E-state index in [2.05, 4.69) is 4.72 Å². The van der Waals surface area contributed by atoms with Crippen molar-refractivity contribution >= 4 is 21.9 Å². The van der Waals surface area contributed by atoms with E-state index in [9.17, 15) is 18.0 Å². The van der Waals surface area contributed by atoms with Crippen molar-refractivity contribution in [3.05, 3.63) is 59.7 Å². The number of likely N-dealkylation sites (tertiary alicyclic amines) is 1. The molecule has 1 saturated heterocycles. The molecule has 0 bridgehead atoms. The van der Waals surface area contributed by atoms with E-state index in [0.29, 0.717) is 50.5 Å².